The van der Waals surface area contributed by atoms with Crippen molar-refractivity contribution in [2.75, 3.05) is 4.90 Å². The molecule has 0 aliphatic heterocycles. The average molecular weight is 670 g/mol. The number of rotatable bonds is 5. The van der Waals surface area contributed by atoms with Gasteiger partial charge in [-0.2, -0.15) is 0 Å². The molecule has 0 N–H and O–H groups in total. The van der Waals surface area contributed by atoms with E-state index in [0.717, 1.165) is 5.69 Å². The molecule has 10 rings (SSSR count). The molecule has 9 aromatic rings. The second-order valence-electron chi connectivity index (χ2n) is 14.1. The van der Waals surface area contributed by atoms with E-state index in [4.69, 9.17) is 0 Å². The summed E-state index contributed by atoms with van der Waals surface area (Å²) in [4.78, 5) is 2.56. The van der Waals surface area contributed by atoms with Crippen molar-refractivity contribution in [3.05, 3.63) is 187 Å². The van der Waals surface area contributed by atoms with Gasteiger partial charge in [0.1, 0.15) is 0 Å². The third-order valence-electron chi connectivity index (χ3n) is 10.9. The third kappa shape index (κ3) is 4.53. The quantitative estimate of drug-likeness (QED) is 0.176. The van der Waals surface area contributed by atoms with Gasteiger partial charge in [0.05, 0.1) is 21.8 Å². The molecule has 1 aromatic heterocycles. The molecule has 51 heavy (non-hydrogen) atoms. The van der Waals surface area contributed by atoms with Gasteiger partial charge >= 0.3 is 0 Å². The summed E-state index contributed by atoms with van der Waals surface area (Å²) in [6, 6.07) is 64.8. The monoisotopic (exact) mass is 669 g/mol. The minimum Gasteiger partial charge on any atom is -0.308 e. The lowest BCUT2D eigenvalue weighted by Crippen LogP contribution is -2.16. The molecule has 0 spiro atoms. The van der Waals surface area contributed by atoms with Gasteiger partial charge in [-0.25, -0.2) is 0 Å². The molecule has 1 aliphatic rings. The fraction of sp³-hybridized carbons (Fsp3) is 0.0612. The molecule has 1 nitrogen and oxygen atoms in total. The van der Waals surface area contributed by atoms with Crippen molar-refractivity contribution in [2.24, 2.45) is 0 Å². The highest BCUT2D eigenvalue weighted by atomic mass is 32.1. The van der Waals surface area contributed by atoms with Crippen molar-refractivity contribution in [2.45, 2.75) is 19.3 Å². The Bertz CT molecular complexity index is 2780. The van der Waals surface area contributed by atoms with E-state index in [9.17, 15) is 0 Å². The van der Waals surface area contributed by atoms with Crippen LogP contribution in [0.4, 0.5) is 17.1 Å². The lowest BCUT2D eigenvalue weighted by atomic mass is 9.82. The fourth-order valence-electron chi connectivity index (χ4n) is 8.54. The Kier molecular flexibility index (Phi) is 6.78. The predicted octanol–water partition coefficient (Wildman–Crippen LogP) is 14.3. The van der Waals surface area contributed by atoms with E-state index in [0.29, 0.717) is 0 Å². The van der Waals surface area contributed by atoms with Crippen molar-refractivity contribution in [1.82, 2.24) is 0 Å². The Labute approximate surface area is 302 Å². The Balaban J connectivity index is 1.32. The molecule has 1 aliphatic carbocycles. The molecule has 1 heterocycles. The first kappa shape index (κ1) is 29.9. The summed E-state index contributed by atoms with van der Waals surface area (Å²) in [5.41, 5.74) is 13.7. The molecule has 0 atom stereocenters. The largest absolute Gasteiger partial charge is 0.308 e. The number of hydrogen-bond acceptors (Lipinski definition) is 2. The van der Waals surface area contributed by atoms with Gasteiger partial charge in [0.2, 0.25) is 0 Å². The van der Waals surface area contributed by atoms with Crippen LogP contribution in [0.15, 0.2) is 176 Å². The van der Waals surface area contributed by atoms with Gasteiger partial charge in [-0.15, -0.1) is 11.3 Å². The first-order valence-corrected chi connectivity index (χ1v) is 18.5. The van der Waals surface area contributed by atoms with Crippen LogP contribution >= 0.6 is 11.3 Å². The molecule has 8 aromatic carbocycles. The molecule has 0 saturated heterocycles. The van der Waals surface area contributed by atoms with Crippen LogP contribution in [0.25, 0.3) is 64.3 Å². The number of fused-ring (bicyclic) bond motifs is 7. The molecule has 0 radical (unpaired) electrons. The van der Waals surface area contributed by atoms with E-state index in [-0.39, 0.29) is 5.41 Å². The summed E-state index contributed by atoms with van der Waals surface area (Å²) in [6.07, 6.45) is 0. The van der Waals surface area contributed by atoms with E-state index < -0.39 is 0 Å². The highest BCUT2D eigenvalue weighted by molar-refractivity contribution is 7.26. The fourth-order valence-corrected chi connectivity index (χ4v) is 9.75. The zero-order chi connectivity index (χ0) is 34.1. The summed E-state index contributed by atoms with van der Waals surface area (Å²) in [5.74, 6) is 0. The second kappa shape index (κ2) is 11.6. The summed E-state index contributed by atoms with van der Waals surface area (Å²) >= 11 is 1.89. The van der Waals surface area contributed by atoms with Gasteiger partial charge in [-0.1, -0.05) is 166 Å². The molecule has 0 unspecified atom stereocenters. The number of para-hydroxylation sites is 1. The van der Waals surface area contributed by atoms with Crippen molar-refractivity contribution in [3.63, 3.8) is 0 Å². The maximum atomic E-state index is 2.56. The van der Waals surface area contributed by atoms with Crippen molar-refractivity contribution in [3.8, 4) is 33.4 Å². The Morgan fingerprint density at radius 3 is 1.88 bits per heavy atom. The van der Waals surface area contributed by atoms with Gasteiger partial charge < -0.3 is 4.90 Å². The number of benzene rings is 8. The standard InChI is InChI=1S/C49H35NS/c1-49(2)40-26-9-6-22-39(40)47-41(49)27-15-29-43(47)50(44-30-14-25-38-36-21-8-11-31-45(36)51-48(38)44)42-28-10-7-20-35(42)37-24-13-19-33-18-12-23-34(46(33)37)32-16-4-3-5-17-32/h3-31H,1-2H3. The van der Waals surface area contributed by atoms with Gasteiger partial charge in [0.15, 0.2) is 0 Å². The lowest BCUT2D eigenvalue weighted by molar-refractivity contribution is 0.660. The van der Waals surface area contributed by atoms with E-state index in [2.05, 4.69) is 195 Å². The third-order valence-corrected chi connectivity index (χ3v) is 12.1. The first-order valence-electron chi connectivity index (χ1n) is 17.7. The van der Waals surface area contributed by atoms with Crippen LogP contribution in [-0.4, -0.2) is 0 Å². The second-order valence-corrected chi connectivity index (χ2v) is 15.1. The summed E-state index contributed by atoms with van der Waals surface area (Å²) < 4.78 is 2.60. The molecule has 0 bridgehead atoms. The number of thiophene rings is 1. The van der Waals surface area contributed by atoms with Gasteiger partial charge in [-0.3, -0.25) is 0 Å². The summed E-state index contributed by atoms with van der Waals surface area (Å²) in [6.45, 7) is 4.74. The van der Waals surface area contributed by atoms with Crippen LogP contribution in [0.2, 0.25) is 0 Å². The van der Waals surface area contributed by atoms with E-state index in [1.54, 1.807) is 0 Å². The van der Waals surface area contributed by atoms with Crippen molar-refractivity contribution >= 4 is 59.3 Å². The van der Waals surface area contributed by atoms with Crippen LogP contribution < -0.4 is 4.90 Å². The SMILES string of the molecule is CC1(C)c2ccccc2-c2c(N(c3ccccc3-c3cccc4cccc(-c5ccccc5)c34)c3cccc4c3sc3ccccc34)cccc21. The van der Waals surface area contributed by atoms with Crippen LogP contribution in [0.3, 0.4) is 0 Å². The van der Waals surface area contributed by atoms with Gasteiger partial charge in [0.25, 0.3) is 0 Å². The van der Waals surface area contributed by atoms with E-state index in [1.807, 2.05) is 11.3 Å². The molecule has 2 heteroatoms. The smallest absolute Gasteiger partial charge is 0.0640 e. The number of anilines is 3. The maximum Gasteiger partial charge on any atom is 0.0640 e. The van der Waals surface area contributed by atoms with Gasteiger partial charge in [0, 0.05) is 32.0 Å². The Morgan fingerprint density at radius 1 is 0.431 bits per heavy atom. The summed E-state index contributed by atoms with van der Waals surface area (Å²) in [7, 11) is 0. The van der Waals surface area contributed by atoms with Crippen molar-refractivity contribution < 1.29 is 0 Å². The Morgan fingerprint density at radius 2 is 1.02 bits per heavy atom. The van der Waals surface area contributed by atoms with Crippen LogP contribution in [-0.2, 0) is 5.41 Å². The minimum absolute atomic E-state index is 0.114. The Hall–Kier alpha value is -5.96. The van der Waals surface area contributed by atoms with E-state index in [1.165, 1.54) is 86.8 Å². The first-order chi connectivity index (χ1) is 25.1. The van der Waals surface area contributed by atoms with Crippen LogP contribution in [0.5, 0.6) is 0 Å². The lowest BCUT2D eigenvalue weighted by Gasteiger charge is -2.31. The molecular formula is C49H35NS. The molecule has 242 valence electrons. The highest BCUT2D eigenvalue weighted by Gasteiger charge is 2.38. The maximum absolute atomic E-state index is 2.56. The van der Waals surface area contributed by atoms with Crippen molar-refractivity contribution in [1.29, 1.82) is 0 Å². The molecule has 0 amide bonds. The summed E-state index contributed by atoms with van der Waals surface area (Å²) in [5, 5.41) is 5.10. The minimum atomic E-state index is -0.114. The predicted molar refractivity (Wildman–Crippen MR) is 220 cm³/mol. The average Bonchev–Trinajstić information content (AvgIpc) is 3.68. The zero-order valence-electron chi connectivity index (χ0n) is 28.6. The van der Waals surface area contributed by atoms with Crippen LogP contribution in [0, 0.1) is 0 Å². The number of nitrogens with zero attached hydrogens (tertiary/aromatic N) is 1. The van der Waals surface area contributed by atoms with Gasteiger partial charge in [-0.05, 0) is 68.4 Å². The molecule has 0 fully saturated rings. The molecule has 0 saturated carbocycles. The molecular weight excluding hydrogens is 635 g/mol. The topological polar surface area (TPSA) is 3.24 Å². The highest BCUT2D eigenvalue weighted by Crippen LogP contribution is 2.56. The zero-order valence-corrected chi connectivity index (χ0v) is 29.4. The van der Waals surface area contributed by atoms with E-state index >= 15 is 0 Å². The normalized spacial score (nSPS) is 13.1. The number of hydrogen-bond donors (Lipinski definition) is 0. The van der Waals surface area contributed by atoms with Crippen LogP contribution in [0.1, 0.15) is 25.0 Å².